The maximum absolute atomic E-state index is 12.4. The number of carbonyl (C=O) groups excluding carboxylic acids is 1. The van der Waals surface area contributed by atoms with Crippen molar-refractivity contribution < 1.29 is 14.3 Å². The Kier molecular flexibility index (Phi) is 8.24. The third kappa shape index (κ3) is 6.53. The molecular weight excluding hydrogens is 483 g/mol. The first-order valence-corrected chi connectivity index (χ1v) is 11.9. The zero-order chi connectivity index (χ0) is 24.6. The zero-order valence-corrected chi connectivity index (χ0v) is 20.6. The van der Waals surface area contributed by atoms with Crippen LogP contribution in [0, 0.1) is 0 Å². The van der Waals surface area contributed by atoms with E-state index in [1.165, 1.54) is 0 Å². The van der Waals surface area contributed by atoms with E-state index in [-0.39, 0.29) is 18.9 Å². The van der Waals surface area contributed by atoms with E-state index in [4.69, 9.17) is 32.7 Å². The molecule has 35 heavy (non-hydrogen) atoms. The van der Waals surface area contributed by atoms with Crippen molar-refractivity contribution in [3.63, 3.8) is 0 Å². The Bertz CT molecular complexity index is 1370. The lowest BCUT2D eigenvalue weighted by Gasteiger charge is -2.13. The van der Waals surface area contributed by atoms with Gasteiger partial charge in [0.25, 0.3) is 0 Å². The number of amides is 1. The van der Waals surface area contributed by atoms with Crippen LogP contribution in [0.2, 0.25) is 10.0 Å². The lowest BCUT2D eigenvalue weighted by molar-refractivity contribution is -0.120. The largest absolute Gasteiger partial charge is 0.490 e. The van der Waals surface area contributed by atoms with Gasteiger partial charge in [0.1, 0.15) is 6.61 Å². The van der Waals surface area contributed by atoms with Crippen molar-refractivity contribution >= 4 is 46.1 Å². The number of nitrogens with zero attached hydrogens (tertiary/aromatic N) is 1. The molecule has 0 fully saturated rings. The summed E-state index contributed by atoms with van der Waals surface area (Å²) >= 11 is 12.2. The van der Waals surface area contributed by atoms with Crippen LogP contribution in [0.5, 0.6) is 11.5 Å². The maximum Gasteiger partial charge on any atom is 0.244 e. The minimum absolute atomic E-state index is 0.192. The van der Waals surface area contributed by atoms with Crippen molar-refractivity contribution in [3.05, 3.63) is 106 Å². The van der Waals surface area contributed by atoms with Crippen LogP contribution >= 0.6 is 23.2 Å². The molecule has 1 N–H and O–H groups in total. The second kappa shape index (κ2) is 11.7. The Labute approximate surface area is 214 Å². The van der Waals surface area contributed by atoms with Gasteiger partial charge in [-0.05, 0) is 59.2 Å². The van der Waals surface area contributed by atoms with E-state index < -0.39 is 0 Å². The summed E-state index contributed by atoms with van der Waals surface area (Å²) in [5.41, 5.74) is 5.13. The van der Waals surface area contributed by atoms with Gasteiger partial charge in [-0.3, -0.25) is 4.79 Å². The molecule has 0 radical (unpaired) electrons. The molecule has 0 aliphatic heterocycles. The SMILES string of the molecule is CCOc1cc(C=NNC(=O)Cc2cccc3ccccc23)ccc1OCc1ccc(Cl)cc1Cl. The fourth-order valence-corrected chi connectivity index (χ4v) is 4.09. The van der Waals surface area contributed by atoms with Crippen LogP contribution < -0.4 is 14.9 Å². The molecule has 178 valence electrons. The van der Waals surface area contributed by atoms with Crippen LogP contribution in [0.25, 0.3) is 10.8 Å². The summed E-state index contributed by atoms with van der Waals surface area (Å²) in [5, 5.41) is 7.39. The second-order valence-electron chi connectivity index (χ2n) is 7.77. The van der Waals surface area contributed by atoms with Crippen molar-refractivity contribution in [2.45, 2.75) is 20.0 Å². The number of fused-ring (bicyclic) bond motifs is 1. The molecule has 4 aromatic rings. The summed E-state index contributed by atoms with van der Waals surface area (Å²) in [6.45, 7) is 2.64. The van der Waals surface area contributed by atoms with Gasteiger partial charge in [0.15, 0.2) is 11.5 Å². The van der Waals surface area contributed by atoms with Gasteiger partial charge < -0.3 is 9.47 Å². The first-order chi connectivity index (χ1) is 17.0. The van der Waals surface area contributed by atoms with E-state index in [1.54, 1.807) is 24.4 Å². The third-order valence-corrected chi connectivity index (χ3v) is 5.89. The van der Waals surface area contributed by atoms with Gasteiger partial charge in [0, 0.05) is 15.6 Å². The van der Waals surface area contributed by atoms with Gasteiger partial charge in [-0.1, -0.05) is 71.7 Å². The summed E-state index contributed by atoms with van der Waals surface area (Å²) in [6.07, 6.45) is 1.81. The van der Waals surface area contributed by atoms with Gasteiger partial charge in [0.2, 0.25) is 5.91 Å². The summed E-state index contributed by atoms with van der Waals surface area (Å²) < 4.78 is 11.7. The number of halogens is 2. The molecule has 0 heterocycles. The number of ether oxygens (including phenoxy) is 2. The lowest BCUT2D eigenvalue weighted by atomic mass is 10.0. The van der Waals surface area contributed by atoms with Crippen LogP contribution in [-0.2, 0) is 17.8 Å². The lowest BCUT2D eigenvalue weighted by Crippen LogP contribution is -2.19. The number of benzene rings is 4. The molecule has 0 spiro atoms. The third-order valence-electron chi connectivity index (χ3n) is 5.30. The van der Waals surface area contributed by atoms with Gasteiger partial charge in [-0.2, -0.15) is 5.10 Å². The molecule has 0 saturated carbocycles. The Hall–Kier alpha value is -3.54. The molecule has 0 aliphatic carbocycles. The molecular formula is C28H24Cl2N2O3. The van der Waals surface area contributed by atoms with Crippen molar-refractivity contribution in [2.75, 3.05) is 6.61 Å². The summed E-state index contributed by atoms with van der Waals surface area (Å²) in [7, 11) is 0. The Morgan fingerprint density at radius 2 is 1.74 bits per heavy atom. The average Bonchev–Trinajstić information content (AvgIpc) is 2.85. The molecule has 1 amide bonds. The highest BCUT2D eigenvalue weighted by molar-refractivity contribution is 6.35. The van der Waals surface area contributed by atoms with Crippen LogP contribution in [0.4, 0.5) is 0 Å². The topological polar surface area (TPSA) is 59.9 Å². The summed E-state index contributed by atoms with van der Waals surface area (Å²) in [5.74, 6) is 0.959. The molecule has 5 nitrogen and oxygen atoms in total. The van der Waals surface area contributed by atoms with E-state index in [2.05, 4.69) is 10.5 Å². The van der Waals surface area contributed by atoms with Gasteiger partial charge >= 0.3 is 0 Å². The Balaban J connectivity index is 1.39. The van der Waals surface area contributed by atoms with E-state index in [9.17, 15) is 4.79 Å². The summed E-state index contributed by atoms with van der Waals surface area (Å²) in [4.78, 5) is 12.4. The predicted molar refractivity (Wildman–Crippen MR) is 142 cm³/mol. The number of hydrazone groups is 1. The van der Waals surface area contributed by atoms with Gasteiger partial charge in [-0.25, -0.2) is 5.43 Å². The van der Waals surface area contributed by atoms with Crippen LogP contribution in [0.1, 0.15) is 23.6 Å². The quantitative estimate of drug-likeness (QED) is 0.200. The average molecular weight is 507 g/mol. The fourth-order valence-electron chi connectivity index (χ4n) is 3.62. The summed E-state index contributed by atoms with van der Waals surface area (Å²) in [6, 6.07) is 24.6. The number of carbonyl (C=O) groups is 1. The highest BCUT2D eigenvalue weighted by Gasteiger charge is 2.09. The van der Waals surface area contributed by atoms with Crippen LogP contribution in [0.3, 0.4) is 0 Å². The van der Waals surface area contributed by atoms with Crippen LogP contribution in [0.15, 0.2) is 84.0 Å². The number of hydrogen-bond donors (Lipinski definition) is 1. The number of hydrogen-bond acceptors (Lipinski definition) is 4. The minimum Gasteiger partial charge on any atom is -0.490 e. The van der Waals surface area contributed by atoms with E-state index in [1.807, 2.05) is 67.6 Å². The highest BCUT2D eigenvalue weighted by atomic mass is 35.5. The molecule has 7 heteroatoms. The second-order valence-corrected chi connectivity index (χ2v) is 8.62. The Morgan fingerprint density at radius 1 is 0.914 bits per heavy atom. The first kappa shape index (κ1) is 24.6. The van der Waals surface area contributed by atoms with Crippen molar-refractivity contribution in [1.29, 1.82) is 0 Å². The monoisotopic (exact) mass is 506 g/mol. The molecule has 0 bridgehead atoms. The number of nitrogens with one attached hydrogen (secondary N) is 1. The first-order valence-electron chi connectivity index (χ1n) is 11.2. The molecule has 4 aromatic carbocycles. The van der Waals surface area contributed by atoms with Gasteiger partial charge in [0.05, 0.1) is 19.2 Å². The molecule has 0 saturated heterocycles. The fraction of sp³-hybridized carbons (Fsp3) is 0.143. The van der Waals surface area contributed by atoms with E-state index in [0.29, 0.717) is 28.2 Å². The molecule has 0 aliphatic rings. The zero-order valence-electron chi connectivity index (χ0n) is 19.1. The van der Waals surface area contributed by atoms with E-state index in [0.717, 1.165) is 27.5 Å². The minimum atomic E-state index is -0.192. The standard InChI is InChI=1S/C28H24Cl2N2O3/c1-2-34-27-14-19(10-13-26(27)35-18-22-11-12-23(29)16-25(22)30)17-31-32-28(33)15-21-8-5-7-20-6-3-4-9-24(20)21/h3-14,16-17H,2,15,18H2,1H3,(H,32,33). The normalized spacial score (nSPS) is 11.1. The smallest absolute Gasteiger partial charge is 0.244 e. The van der Waals surface area contributed by atoms with Crippen molar-refractivity contribution in [1.82, 2.24) is 5.43 Å². The molecule has 4 rings (SSSR count). The molecule has 0 unspecified atom stereocenters. The molecule has 0 aromatic heterocycles. The van der Waals surface area contributed by atoms with Crippen molar-refractivity contribution in [2.24, 2.45) is 5.10 Å². The Morgan fingerprint density at radius 3 is 2.57 bits per heavy atom. The predicted octanol–water partition coefficient (Wildman–Crippen LogP) is 6.82. The maximum atomic E-state index is 12.4. The molecule has 0 atom stereocenters. The number of rotatable bonds is 9. The van der Waals surface area contributed by atoms with Crippen molar-refractivity contribution in [3.8, 4) is 11.5 Å². The highest BCUT2D eigenvalue weighted by Crippen LogP contribution is 2.30. The van der Waals surface area contributed by atoms with Gasteiger partial charge in [-0.15, -0.1) is 0 Å². The van der Waals surface area contributed by atoms with Crippen LogP contribution in [-0.4, -0.2) is 18.7 Å². The van der Waals surface area contributed by atoms with E-state index >= 15 is 0 Å².